The second kappa shape index (κ2) is 4.89. The zero-order chi connectivity index (χ0) is 13.2. The summed E-state index contributed by atoms with van der Waals surface area (Å²) in [6.07, 6.45) is 2.93. The molecule has 1 heterocycles. The molecule has 0 saturated heterocycles. The fourth-order valence-electron chi connectivity index (χ4n) is 1.76. The van der Waals surface area contributed by atoms with Crippen molar-refractivity contribution in [3.8, 4) is 0 Å². The summed E-state index contributed by atoms with van der Waals surface area (Å²) in [5, 5.41) is 3.95. The molecule has 0 aliphatic carbocycles. The SMILES string of the molecule is CC(CS(C)(=O)=O)Nc1ncc2ccccc2n1. The molecular formula is C12H15N3O2S. The number of anilines is 1. The normalized spacial score (nSPS) is 13.4. The number of sulfone groups is 1. The van der Waals surface area contributed by atoms with Crippen LogP contribution < -0.4 is 5.32 Å². The number of hydrogen-bond donors (Lipinski definition) is 1. The predicted octanol–water partition coefficient (Wildman–Crippen LogP) is 1.47. The molecule has 2 rings (SSSR count). The minimum absolute atomic E-state index is 0.0587. The van der Waals surface area contributed by atoms with Crippen molar-refractivity contribution in [2.75, 3.05) is 17.3 Å². The zero-order valence-electron chi connectivity index (χ0n) is 10.3. The molecule has 0 aliphatic rings. The zero-order valence-corrected chi connectivity index (χ0v) is 11.1. The molecule has 0 amide bonds. The molecule has 6 heteroatoms. The first-order valence-electron chi connectivity index (χ1n) is 5.60. The van der Waals surface area contributed by atoms with Crippen molar-refractivity contribution in [1.29, 1.82) is 0 Å². The van der Waals surface area contributed by atoms with Gasteiger partial charge in [0.25, 0.3) is 0 Å². The number of aromatic nitrogens is 2. The maximum Gasteiger partial charge on any atom is 0.223 e. The maximum atomic E-state index is 11.2. The quantitative estimate of drug-likeness (QED) is 0.906. The Morgan fingerprint density at radius 3 is 2.78 bits per heavy atom. The molecule has 1 N–H and O–H groups in total. The topological polar surface area (TPSA) is 72.0 Å². The third-order valence-electron chi connectivity index (χ3n) is 2.42. The fourth-order valence-corrected chi connectivity index (χ4v) is 2.75. The maximum absolute atomic E-state index is 11.2. The summed E-state index contributed by atoms with van der Waals surface area (Å²) in [4.78, 5) is 8.49. The van der Waals surface area contributed by atoms with E-state index in [2.05, 4.69) is 15.3 Å². The van der Waals surface area contributed by atoms with Crippen molar-refractivity contribution < 1.29 is 8.42 Å². The first-order chi connectivity index (χ1) is 8.44. The molecule has 0 spiro atoms. The molecule has 1 atom stereocenters. The third kappa shape index (κ3) is 3.40. The van der Waals surface area contributed by atoms with E-state index in [1.165, 1.54) is 6.26 Å². The van der Waals surface area contributed by atoms with Crippen LogP contribution in [0.25, 0.3) is 10.9 Å². The van der Waals surface area contributed by atoms with E-state index < -0.39 is 9.84 Å². The van der Waals surface area contributed by atoms with Gasteiger partial charge >= 0.3 is 0 Å². The van der Waals surface area contributed by atoms with Gasteiger partial charge in [0.1, 0.15) is 9.84 Å². The van der Waals surface area contributed by atoms with Gasteiger partial charge in [-0.15, -0.1) is 0 Å². The van der Waals surface area contributed by atoms with Crippen LogP contribution in [0.1, 0.15) is 6.92 Å². The Morgan fingerprint density at radius 2 is 2.06 bits per heavy atom. The average molecular weight is 265 g/mol. The average Bonchev–Trinajstić information content (AvgIpc) is 2.26. The lowest BCUT2D eigenvalue weighted by atomic mass is 10.2. The Labute approximate surface area is 106 Å². The number of nitrogens with zero attached hydrogens (tertiary/aromatic N) is 2. The molecule has 2 aromatic rings. The van der Waals surface area contributed by atoms with E-state index in [-0.39, 0.29) is 11.8 Å². The largest absolute Gasteiger partial charge is 0.351 e. The number of fused-ring (bicyclic) bond motifs is 1. The van der Waals surface area contributed by atoms with Gasteiger partial charge in [-0.2, -0.15) is 0 Å². The van der Waals surface area contributed by atoms with Crippen molar-refractivity contribution in [2.45, 2.75) is 13.0 Å². The van der Waals surface area contributed by atoms with Crippen molar-refractivity contribution in [3.63, 3.8) is 0 Å². The standard InChI is InChI=1S/C12H15N3O2S/c1-9(8-18(2,16)17)14-12-13-7-10-5-3-4-6-11(10)15-12/h3-7,9H,8H2,1-2H3,(H,13,14,15). The van der Waals surface area contributed by atoms with Crippen LogP contribution in [0.2, 0.25) is 0 Å². The lowest BCUT2D eigenvalue weighted by Gasteiger charge is -2.12. The highest BCUT2D eigenvalue weighted by Gasteiger charge is 2.11. The van der Waals surface area contributed by atoms with Crippen LogP contribution in [0.5, 0.6) is 0 Å². The van der Waals surface area contributed by atoms with E-state index in [9.17, 15) is 8.42 Å². The molecule has 0 aliphatic heterocycles. The van der Waals surface area contributed by atoms with E-state index in [4.69, 9.17) is 0 Å². The first kappa shape index (κ1) is 12.8. The van der Waals surface area contributed by atoms with Crippen LogP contribution in [0.3, 0.4) is 0 Å². The minimum atomic E-state index is -3.00. The molecule has 18 heavy (non-hydrogen) atoms. The highest BCUT2D eigenvalue weighted by Crippen LogP contribution is 2.12. The van der Waals surface area contributed by atoms with E-state index >= 15 is 0 Å². The van der Waals surface area contributed by atoms with Gasteiger partial charge in [-0.05, 0) is 13.0 Å². The Kier molecular flexibility index (Phi) is 3.47. The highest BCUT2D eigenvalue weighted by molar-refractivity contribution is 7.90. The summed E-state index contributed by atoms with van der Waals surface area (Å²) in [6.45, 7) is 1.79. The summed E-state index contributed by atoms with van der Waals surface area (Å²) in [7, 11) is -3.00. The van der Waals surface area contributed by atoms with Gasteiger partial charge in [0.15, 0.2) is 0 Å². The summed E-state index contributed by atoms with van der Waals surface area (Å²) in [6, 6.07) is 7.42. The molecule has 0 radical (unpaired) electrons. The summed E-state index contributed by atoms with van der Waals surface area (Å²) in [5.41, 5.74) is 0.835. The van der Waals surface area contributed by atoms with Gasteiger partial charge in [0.2, 0.25) is 5.95 Å². The molecule has 0 bridgehead atoms. The number of benzene rings is 1. The van der Waals surface area contributed by atoms with Gasteiger partial charge in [-0.3, -0.25) is 0 Å². The fraction of sp³-hybridized carbons (Fsp3) is 0.333. The van der Waals surface area contributed by atoms with Crippen LogP contribution in [-0.4, -0.2) is 36.4 Å². The third-order valence-corrected chi connectivity index (χ3v) is 3.52. The van der Waals surface area contributed by atoms with Gasteiger partial charge in [-0.25, -0.2) is 18.4 Å². The van der Waals surface area contributed by atoms with Gasteiger partial charge in [0.05, 0.1) is 11.3 Å². The molecule has 96 valence electrons. The number of rotatable bonds is 4. The molecule has 1 aromatic carbocycles. The highest BCUT2D eigenvalue weighted by atomic mass is 32.2. The summed E-state index contributed by atoms with van der Waals surface area (Å²) < 4.78 is 22.3. The van der Waals surface area contributed by atoms with Gasteiger partial charge < -0.3 is 5.32 Å². The summed E-state index contributed by atoms with van der Waals surface area (Å²) in [5.74, 6) is 0.508. The van der Waals surface area contributed by atoms with Gasteiger partial charge in [-0.1, -0.05) is 18.2 Å². The van der Waals surface area contributed by atoms with E-state index in [0.717, 1.165) is 10.9 Å². The first-order valence-corrected chi connectivity index (χ1v) is 7.66. The molecule has 0 saturated carbocycles. The molecule has 1 unspecified atom stereocenters. The van der Waals surface area contributed by atoms with Crippen LogP contribution in [0, 0.1) is 0 Å². The van der Waals surface area contributed by atoms with Crippen molar-refractivity contribution in [3.05, 3.63) is 30.5 Å². The Bertz CT molecular complexity index is 655. The Hall–Kier alpha value is -1.69. The van der Waals surface area contributed by atoms with E-state index in [1.807, 2.05) is 24.3 Å². The smallest absolute Gasteiger partial charge is 0.223 e. The second-order valence-electron chi connectivity index (χ2n) is 4.39. The van der Waals surface area contributed by atoms with Gasteiger partial charge in [0, 0.05) is 23.9 Å². The van der Waals surface area contributed by atoms with Crippen molar-refractivity contribution in [2.24, 2.45) is 0 Å². The molecule has 1 aromatic heterocycles. The monoisotopic (exact) mass is 265 g/mol. The van der Waals surface area contributed by atoms with E-state index in [1.54, 1.807) is 13.1 Å². The number of hydrogen-bond acceptors (Lipinski definition) is 5. The second-order valence-corrected chi connectivity index (χ2v) is 6.58. The van der Waals surface area contributed by atoms with E-state index in [0.29, 0.717) is 5.95 Å². The Balaban J connectivity index is 2.17. The van der Waals surface area contributed by atoms with Crippen molar-refractivity contribution >= 4 is 26.7 Å². The minimum Gasteiger partial charge on any atom is -0.351 e. The van der Waals surface area contributed by atoms with Crippen molar-refractivity contribution in [1.82, 2.24) is 9.97 Å². The lowest BCUT2D eigenvalue weighted by molar-refractivity contribution is 0.597. The molecule has 5 nitrogen and oxygen atoms in total. The van der Waals surface area contributed by atoms with Crippen LogP contribution in [0.15, 0.2) is 30.5 Å². The number of nitrogens with one attached hydrogen (secondary N) is 1. The van der Waals surface area contributed by atoms with Crippen LogP contribution >= 0.6 is 0 Å². The predicted molar refractivity (Wildman–Crippen MR) is 72.3 cm³/mol. The van der Waals surface area contributed by atoms with Crippen LogP contribution in [-0.2, 0) is 9.84 Å². The lowest BCUT2D eigenvalue weighted by Crippen LogP contribution is -2.25. The van der Waals surface area contributed by atoms with Crippen LogP contribution in [0.4, 0.5) is 5.95 Å². The molecular weight excluding hydrogens is 250 g/mol. The number of para-hydroxylation sites is 1. The molecule has 0 fully saturated rings. The summed E-state index contributed by atoms with van der Waals surface area (Å²) >= 11 is 0. The Morgan fingerprint density at radius 1 is 1.33 bits per heavy atom.